The highest BCUT2D eigenvalue weighted by molar-refractivity contribution is 6.34. The zero-order chi connectivity index (χ0) is 15.6. The normalized spacial score (nSPS) is 10.2. The highest BCUT2D eigenvalue weighted by Gasteiger charge is 2.17. The largest absolute Gasteiger partial charge is 0.478 e. The van der Waals surface area contributed by atoms with Gasteiger partial charge in [0.1, 0.15) is 11.4 Å². The van der Waals surface area contributed by atoms with E-state index in [1.54, 1.807) is 0 Å². The van der Waals surface area contributed by atoms with Crippen LogP contribution in [0, 0.1) is 5.82 Å². The number of rotatable bonds is 3. The van der Waals surface area contributed by atoms with Gasteiger partial charge in [-0.2, -0.15) is 0 Å². The molecule has 7 heteroatoms. The molecule has 4 nitrogen and oxygen atoms in total. The van der Waals surface area contributed by atoms with Crippen molar-refractivity contribution in [1.82, 2.24) is 0 Å². The predicted molar refractivity (Wildman–Crippen MR) is 77.8 cm³/mol. The number of amides is 1. The van der Waals surface area contributed by atoms with E-state index in [9.17, 15) is 14.0 Å². The molecule has 2 N–H and O–H groups in total. The lowest BCUT2D eigenvalue weighted by Gasteiger charge is -2.10. The average molecular weight is 328 g/mol. The minimum atomic E-state index is -1.27. The fourth-order valence-corrected chi connectivity index (χ4v) is 2.11. The Kier molecular flexibility index (Phi) is 4.45. The van der Waals surface area contributed by atoms with Crippen LogP contribution < -0.4 is 5.32 Å². The quantitative estimate of drug-likeness (QED) is 0.892. The highest BCUT2D eigenvalue weighted by atomic mass is 35.5. The minimum Gasteiger partial charge on any atom is -0.478 e. The Hall–Kier alpha value is -2.11. The molecule has 0 fully saturated rings. The van der Waals surface area contributed by atoms with E-state index in [2.05, 4.69) is 5.32 Å². The highest BCUT2D eigenvalue weighted by Crippen LogP contribution is 2.25. The van der Waals surface area contributed by atoms with Crippen molar-refractivity contribution in [3.05, 3.63) is 63.4 Å². The van der Waals surface area contributed by atoms with E-state index in [1.807, 2.05) is 0 Å². The first kappa shape index (κ1) is 15.3. The van der Waals surface area contributed by atoms with Gasteiger partial charge in [-0.25, -0.2) is 9.18 Å². The molecule has 0 unspecified atom stereocenters. The second kappa shape index (κ2) is 6.11. The second-order valence-electron chi connectivity index (χ2n) is 4.05. The van der Waals surface area contributed by atoms with Crippen LogP contribution in [-0.4, -0.2) is 17.0 Å². The van der Waals surface area contributed by atoms with E-state index in [0.717, 1.165) is 12.1 Å². The van der Waals surface area contributed by atoms with Crippen molar-refractivity contribution in [2.24, 2.45) is 0 Å². The Morgan fingerprint density at radius 3 is 2.43 bits per heavy atom. The van der Waals surface area contributed by atoms with Gasteiger partial charge in [-0.1, -0.05) is 29.3 Å². The summed E-state index contributed by atoms with van der Waals surface area (Å²) in [5.41, 5.74) is -0.0844. The average Bonchev–Trinajstić information content (AvgIpc) is 2.41. The van der Waals surface area contributed by atoms with Crippen molar-refractivity contribution in [3.63, 3.8) is 0 Å². The van der Waals surface area contributed by atoms with Crippen LogP contribution in [0.2, 0.25) is 10.0 Å². The number of halogens is 3. The summed E-state index contributed by atoms with van der Waals surface area (Å²) in [5, 5.41) is 11.3. The number of hydrogen-bond donors (Lipinski definition) is 2. The lowest BCUT2D eigenvalue weighted by molar-refractivity contribution is 0.0698. The van der Waals surface area contributed by atoms with E-state index in [0.29, 0.717) is 0 Å². The van der Waals surface area contributed by atoms with Crippen molar-refractivity contribution in [3.8, 4) is 0 Å². The maximum absolute atomic E-state index is 13.1. The fourth-order valence-electron chi connectivity index (χ4n) is 1.68. The molecule has 2 rings (SSSR count). The zero-order valence-electron chi connectivity index (χ0n) is 10.4. The summed E-state index contributed by atoms with van der Waals surface area (Å²) >= 11 is 11.4. The summed E-state index contributed by atoms with van der Waals surface area (Å²) in [7, 11) is 0. The molecule has 0 spiro atoms. The number of aromatic carboxylic acids is 1. The molecule has 0 saturated heterocycles. The third-order valence-corrected chi connectivity index (χ3v) is 3.26. The smallest absolute Gasteiger partial charge is 0.339 e. The predicted octanol–water partition coefficient (Wildman–Crippen LogP) is 4.08. The Bertz CT molecular complexity index is 734. The molecule has 0 bridgehead atoms. The van der Waals surface area contributed by atoms with Crippen molar-refractivity contribution < 1.29 is 19.1 Å². The summed E-state index contributed by atoms with van der Waals surface area (Å²) in [6.45, 7) is 0. The van der Waals surface area contributed by atoms with Crippen LogP contribution in [-0.2, 0) is 0 Å². The van der Waals surface area contributed by atoms with Crippen molar-refractivity contribution in [2.75, 3.05) is 5.32 Å². The summed E-state index contributed by atoms with van der Waals surface area (Å²) < 4.78 is 13.1. The number of anilines is 1. The summed E-state index contributed by atoms with van der Waals surface area (Å²) in [6, 6.07) is 7.74. The zero-order valence-corrected chi connectivity index (χ0v) is 11.9. The van der Waals surface area contributed by atoms with Crippen LogP contribution in [0.3, 0.4) is 0 Å². The summed E-state index contributed by atoms with van der Waals surface area (Å²) in [5.74, 6) is -2.54. The van der Waals surface area contributed by atoms with E-state index in [-0.39, 0.29) is 26.9 Å². The maximum Gasteiger partial charge on any atom is 0.339 e. The third kappa shape index (κ3) is 3.32. The molecule has 0 atom stereocenters. The first-order valence-electron chi connectivity index (χ1n) is 5.68. The minimum absolute atomic E-state index is 0.00237. The lowest BCUT2D eigenvalue weighted by atomic mass is 10.1. The van der Waals surface area contributed by atoms with Crippen LogP contribution in [0.4, 0.5) is 10.1 Å². The van der Waals surface area contributed by atoms with Gasteiger partial charge in [-0.15, -0.1) is 0 Å². The third-order valence-electron chi connectivity index (χ3n) is 2.66. The molecule has 0 radical (unpaired) electrons. The standard InChI is InChI=1S/C14H8Cl2FNO3/c15-8-2-1-3-11(12(8)14(20)21)18-13(19)7-4-5-10(17)9(16)6-7/h1-6H,(H,18,19)(H,20,21). The van der Waals surface area contributed by atoms with Crippen LogP contribution in [0.25, 0.3) is 0 Å². The molecule has 2 aromatic rings. The van der Waals surface area contributed by atoms with Crippen LogP contribution in [0.5, 0.6) is 0 Å². The molecule has 0 saturated carbocycles. The van der Waals surface area contributed by atoms with E-state index in [1.165, 1.54) is 24.3 Å². The number of nitrogens with one attached hydrogen (secondary N) is 1. The summed E-state index contributed by atoms with van der Waals surface area (Å²) in [6.07, 6.45) is 0. The number of carboxylic acids is 1. The van der Waals surface area contributed by atoms with Crippen molar-refractivity contribution in [1.29, 1.82) is 0 Å². The second-order valence-corrected chi connectivity index (χ2v) is 4.86. The fraction of sp³-hybridized carbons (Fsp3) is 0. The molecule has 0 heterocycles. The van der Waals surface area contributed by atoms with E-state index >= 15 is 0 Å². The molecule has 0 aliphatic heterocycles. The van der Waals surface area contributed by atoms with Gasteiger partial charge in [0.15, 0.2) is 0 Å². The van der Waals surface area contributed by atoms with Gasteiger partial charge >= 0.3 is 5.97 Å². The molecule has 0 aliphatic rings. The summed E-state index contributed by atoms with van der Waals surface area (Å²) in [4.78, 5) is 23.2. The maximum atomic E-state index is 13.1. The topological polar surface area (TPSA) is 66.4 Å². The van der Waals surface area contributed by atoms with Crippen molar-refractivity contribution in [2.45, 2.75) is 0 Å². The molecule has 2 aromatic carbocycles. The number of carboxylic acid groups (broad SMARTS) is 1. The van der Waals surface area contributed by atoms with Crippen molar-refractivity contribution >= 4 is 40.8 Å². The number of benzene rings is 2. The molecule has 108 valence electrons. The van der Waals surface area contributed by atoms with Gasteiger partial charge < -0.3 is 10.4 Å². The van der Waals surface area contributed by atoms with E-state index < -0.39 is 17.7 Å². The SMILES string of the molecule is O=C(Nc1cccc(Cl)c1C(=O)O)c1ccc(F)c(Cl)c1. The number of carbonyl (C=O) groups is 2. The van der Waals surface area contributed by atoms with E-state index in [4.69, 9.17) is 28.3 Å². The molecular formula is C14H8Cl2FNO3. The number of hydrogen-bond acceptors (Lipinski definition) is 2. The Morgan fingerprint density at radius 2 is 1.81 bits per heavy atom. The van der Waals surface area contributed by atoms with Crippen LogP contribution in [0.15, 0.2) is 36.4 Å². The molecule has 21 heavy (non-hydrogen) atoms. The monoisotopic (exact) mass is 327 g/mol. The van der Waals surface area contributed by atoms with Crippen LogP contribution >= 0.6 is 23.2 Å². The Labute approximate surface area is 129 Å². The molecular weight excluding hydrogens is 320 g/mol. The van der Waals surface area contributed by atoms with Gasteiger partial charge in [0, 0.05) is 5.56 Å². The van der Waals surface area contributed by atoms with Gasteiger partial charge in [0.05, 0.1) is 15.7 Å². The van der Waals surface area contributed by atoms with Gasteiger partial charge in [0.25, 0.3) is 5.91 Å². The first-order chi connectivity index (χ1) is 9.90. The van der Waals surface area contributed by atoms with Gasteiger partial charge in [0.2, 0.25) is 0 Å². The Morgan fingerprint density at radius 1 is 1.10 bits per heavy atom. The van der Waals surface area contributed by atoms with Gasteiger partial charge in [-0.3, -0.25) is 4.79 Å². The van der Waals surface area contributed by atoms with Crippen LogP contribution in [0.1, 0.15) is 20.7 Å². The van der Waals surface area contributed by atoms with Gasteiger partial charge in [-0.05, 0) is 30.3 Å². The Balaban J connectivity index is 2.34. The first-order valence-corrected chi connectivity index (χ1v) is 6.44. The molecule has 0 aromatic heterocycles. The molecule has 1 amide bonds. The molecule has 0 aliphatic carbocycles. The lowest BCUT2D eigenvalue weighted by Crippen LogP contribution is -2.15. The number of carbonyl (C=O) groups excluding carboxylic acids is 1.